The topological polar surface area (TPSA) is 0 Å². The second-order valence-corrected chi connectivity index (χ2v) is 8.13. The van der Waals surface area contributed by atoms with E-state index in [0.29, 0.717) is 25.3 Å². The molecule has 0 aromatic carbocycles. The summed E-state index contributed by atoms with van der Waals surface area (Å²) in [4.78, 5) is 0. The zero-order valence-electron chi connectivity index (χ0n) is 10.1. The predicted molar refractivity (Wildman–Crippen MR) is 65.2 cm³/mol. The van der Waals surface area contributed by atoms with Crippen molar-refractivity contribution in [2.24, 2.45) is 0 Å². The van der Waals surface area contributed by atoms with Crippen LogP contribution in [0.2, 0.25) is 0 Å². The van der Waals surface area contributed by atoms with Crippen LogP contribution in [-0.2, 0) is 10.8 Å². The maximum absolute atomic E-state index is 2.31. The second kappa shape index (κ2) is 3.79. The Bertz CT molecular complexity index is 283. The fraction of sp³-hybridized carbons (Fsp3) is 0.615. The van der Waals surface area contributed by atoms with E-state index in [0.717, 1.165) is 0 Å². The molecule has 1 heteroatoms. The Balaban J connectivity index is 3.15. The summed E-state index contributed by atoms with van der Waals surface area (Å²) in [7, 11) is 0. The SMILES string of the molecule is CC(C)(C)c1cccc(C(C)(C)C)[se+]1. The fourth-order valence-electron chi connectivity index (χ4n) is 1.22. The van der Waals surface area contributed by atoms with Gasteiger partial charge in [0.05, 0.1) is 0 Å². The van der Waals surface area contributed by atoms with Crippen LogP contribution in [0.1, 0.15) is 50.4 Å². The molecular formula is C13H21Se+. The van der Waals surface area contributed by atoms with Crippen LogP contribution in [0.5, 0.6) is 0 Å². The standard InChI is InChI=1S/C13H21Se/c1-12(2,3)10-8-7-9-11(14-10)13(4,5)6/h7-9H,1-6H3/q+1. The molecule has 78 valence electrons. The maximum atomic E-state index is 2.31. The van der Waals surface area contributed by atoms with Crippen molar-refractivity contribution in [1.82, 2.24) is 0 Å². The Kier molecular flexibility index (Phi) is 3.23. The van der Waals surface area contributed by atoms with Crippen molar-refractivity contribution < 1.29 is 0 Å². The van der Waals surface area contributed by atoms with Gasteiger partial charge in [0.25, 0.3) is 0 Å². The molecule has 0 N–H and O–H groups in total. The van der Waals surface area contributed by atoms with E-state index in [9.17, 15) is 0 Å². The van der Waals surface area contributed by atoms with Gasteiger partial charge in [-0.25, -0.2) is 0 Å². The Morgan fingerprint density at radius 3 is 1.43 bits per heavy atom. The van der Waals surface area contributed by atoms with Crippen molar-refractivity contribution in [3.05, 3.63) is 27.1 Å². The van der Waals surface area contributed by atoms with E-state index in [-0.39, 0.29) is 0 Å². The molecule has 0 amide bonds. The molecule has 0 aliphatic carbocycles. The van der Waals surface area contributed by atoms with Crippen LogP contribution in [0.25, 0.3) is 0 Å². The number of rotatable bonds is 0. The van der Waals surface area contributed by atoms with E-state index in [1.54, 1.807) is 8.87 Å². The summed E-state index contributed by atoms with van der Waals surface area (Å²) >= 11 is 0.547. The first-order valence-electron chi connectivity index (χ1n) is 5.15. The fourth-order valence-corrected chi connectivity index (χ4v) is 3.61. The normalized spacial score (nSPS) is 13.0. The third-order valence-corrected chi connectivity index (χ3v) is 6.26. The van der Waals surface area contributed by atoms with Gasteiger partial charge in [-0.2, -0.15) is 0 Å². The van der Waals surface area contributed by atoms with Crippen LogP contribution in [0, 0.1) is 0 Å². The molecule has 0 bridgehead atoms. The first-order valence-corrected chi connectivity index (χ1v) is 6.87. The zero-order chi connectivity index (χ0) is 11.0. The van der Waals surface area contributed by atoms with Gasteiger partial charge in [0, 0.05) is 0 Å². The molecule has 0 nitrogen and oxygen atoms in total. The zero-order valence-corrected chi connectivity index (χ0v) is 11.9. The van der Waals surface area contributed by atoms with Gasteiger partial charge >= 0.3 is 93.9 Å². The van der Waals surface area contributed by atoms with Crippen molar-refractivity contribution in [3.63, 3.8) is 0 Å². The van der Waals surface area contributed by atoms with Gasteiger partial charge in [-0.05, 0) is 0 Å². The molecule has 1 rings (SSSR count). The molecule has 1 heterocycles. The van der Waals surface area contributed by atoms with E-state index >= 15 is 0 Å². The van der Waals surface area contributed by atoms with Crippen LogP contribution in [0.3, 0.4) is 0 Å². The molecule has 0 saturated heterocycles. The molecule has 0 unspecified atom stereocenters. The summed E-state index contributed by atoms with van der Waals surface area (Å²) in [5.41, 5.74) is 0.669. The molecule has 1 aromatic heterocycles. The van der Waals surface area contributed by atoms with Crippen molar-refractivity contribution in [2.45, 2.75) is 52.4 Å². The first-order chi connectivity index (χ1) is 6.21. The van der Waals surface area contributed by atoms with Gasteiger partial charge in [0.1, 0.15) is 0 Å². The van der Waals surface area contributed by atoms with Crippen molar-refractivity contribution in [1.29, 1.82) is 0 Å². The summed E-state index contributed by atoms with van der Waals surface area (Å²) in [5, 5.41) is 0. The van der Waals surface area contributed by atoms with E-state index in [1.807, 2.05) is 0 Å². The molecular weight excluding hydrogens is 235 g/mol. The molecule has 0 radical (unpaired) electrons. The molecule has 14 heavy (non-hydrogen) atoms. The quantitative estimate of drug-likeness (QED) is 0.622. The monoisotopic (exact) mass is 257 g/mol. The van der Waals surface area contributed by atoms with Gasteiger partial charge in [-0.1, -0.05) is 0 Å². The van der Waals surface area contributed by atoms with E-state index < -0.39 is 0 Å². The van der Waals surface area contributed by atoms with E-state index in [4.69, 9.17) is 0 Å². The third kappa shape index (κ3) is 2.93. The first kappa shape index (κ1) is 11.9. The minimum atomic E-state index is 0.335. The minimum absolute atomic E-state index is 0.335. The summed E-state index contributed by atoms with van der Waals surface area (Å²) in [6.07, 6.45) is 0. The average molecular weight is 256 g/mol. The van der Waals surface area contributed by atoms with Crippen molar-refractivity contribution in [3.8, 4) is 0 Å². The van der Waals surface area contributed by atoms with Crippen LogP contribution in [0.4, 0.5) is 0 Å². The molecule has 0 aliphatic rings. The molecule has 0 atom stereocenters. The Morgan fingerprint density at radius 1 is 0.786 bits per heavy atom. The summed E-state index contributed by atoms with van der Waals surface area (Å²) in [6, 6.07) is 6.82. The van der Waals surface area contributed by atoms with Crippen molar-refractivity contribution >= 4 is 14.5 Å². The predicted octanol–water partition coefficient (Wildman–Crippen LogP) is 3.62. The second-order valence-electron chi connectivity index (χ2n) is 5.86. The molecule has 0 fully saturated rings. The van der Waals surface area contributed by atoms with E-state index in [1.165, 1.54) is 0 Å². The number of hydrogen-bond donors (Lipinski definition) is 0. The Morgan fingerprint density at radius 2 is 1.14 bits per heavy atom. The van der Waals surface area contributed by atoms with Crippen LogP contribution >= 0.6 is 0 Å². The van der Waals surface area contributed by atoms with E-state index in [2.05, 4.69) is 59.7 Å². The van der Waals surface area contributed by atoms with Gasteiger partial charge < -0.3 is 0 Å². The summed E-state index contributed by atoms with van der Waals surface area (Å²) < 4.78 is 3.22. The van der Waals surface area contributed by atoms with Gasteiger partial charge in [0.15, 0.2) is 0 Å². The van der Waals surface area contributed by atoms with Gasteiger partial charge in [-0.15, -0.1) is 0 Å². The van der Waals surface area contributed by atoms with Crippen LogP contribution in [-0.4, -0.2) is 14.5 Å². The summed E-state index contributed by atoms with van der Waals surface area (Å²) in [6.45, 7) is 13.8. The van der Waals surface area contributed by atoms with Gasteiger partial charge in [-0.3, -0.25) is 0 Å². The van der Waals surface area contributed by atoms with Crippen LogP contribution in [0.15, 0.2) is 18.2 Å². The Hall–Kier alpha value is -0.131. The molecule has 1 aromatic rings. The molecule has 0 saturated carbocycles. The molecule has 0 aliphatic heterocycles. The van der Waals surface area contributed by atoms with Crippen molar-refractivity contribution in [2.75, 3.05) is 0 Å². The number of hydrogen-bond acceptors (Lipinski definition) is 0. The Labute approximate surface area is 94.1 Å². The third-order valence-electron chi connectivity index (χ3n) is 2.19. The van der Waals surface area contributed by atoms with Crippen LogP contribution < -0.4 is 0 Å². The summed E-state index contributed by atoms with van der Waals surface area (Å²) in [5.74, 6) is 0. The van der Waals surface area contributed by atoms with Gasteiger partial charge in [0.2, 0.25) is 0 Å². The average Bonchev–Trinajstić information content (AvgIpc) is 2.01. The molecule has 0 spiro atoms.